The van der Waals surface area contributed by atoms with Gasteiger partial charge in [0.15, 0.2) is 12.4 Å². The molecule has 32 heavy (non-hydrogen) atoms. The Labute approximate surface area is 193 Å². The lowest BCUT2D eigenvalue weighted by atomic mass is 10.1. The number of anilines is 1. The number of rotatable bonds is 7. The zero-order chi connectivity index (χ0) is 22.7. The van der Waals surface area contributed by atoms with Gasteiger partial charge in [0.25, 0.3) is 11.8 Å². The van der Waals surface area contributed by atoms with E-state index in [-0.39, 0.29) is 46.5 Å². The Morgan fingerprint density at radius 2 is 2.03 bits per heavy atom. The zero-order valence-electron chi connectivity index (χ0n) is 16.6. The first-order chi connectivity index (χ1) is 15.5. The normalized spacial score (nSPS) is 12.7. The van der Waals surface area contributed by atoms with Crippen LogP contribution in [0.2, 0.25) is 10.0 Å². The first-order valence-corrected chi connectivity index (χ1v) is 10.4. The second kappa shape index (κ2) is 9.30. The van der Waals surface area contributed by atoms with Crippen LogP contribution in [-0.2, 0) is 0 Å². The largest absolute Gasteiger partial charge is 0.463 e. The fraction of sp³-hybridized carbons (Fsp3) is 0.182. The number of nitrogens with zero attached hydrogens (tertiary/aromatic N) is 3. The van der Waals surface area contributed by atoms with E-state index in [1.807, 2.05) is 0 Å². The zero-order valence-corrected chi connectivity index (χ0v) is 18.2. The summed E-state index contributed by atoms with van der Waals surface area (Å²) in [6.07, 6.45) is 8.62. The van der Waals surface area contributed by atoms with Crippen molar-refractivity contribution in [3.8, 4) is 24.0 Å². The summed E-state index contributed by atoms with van der Waals surface area (Å²) in [6.45, 7) is -0.0311. The molecule has 1 aromatic carbocycles. The summed E-state index contributed by atoms with van der Waals surface area (Å²) in [4.78, 5) is 30.0. The molecule has 1 saturated carbocycles. The third kappa shape index (κ3) is 4.85. The van der Waals surface area contributed by atoms with Gasteiger partial charge >= 0.3 is 0 Å². The van der Waals surface area contributed by atoms with Crippen molar-refractivity contribution in [2.75, 3.05) is 11.9 Å². The number of benzene rings is 1. The second-order valence-corrected chi connectivity index (χ2v) is 7.82. The highest BCUT2D eigenvalue weighted by atomic mass is 35.5. The van der Waals surface area contributed by atoms with Gasteiger partial charge in [-0.2, -0.15) is 0 Å². The van der Waals surface area contributed by atoms with Gasteiger partial charge in [-0.25, -0.2) is 9.67 Å². The minimum atomic E-state index is -0.558. The summed E-state index contributed by atoms with van der Waals surface area (Å²) < 4.78 is 6.62. The molecular formula is C22H17Cl2N5O3. The van der Waals surface area contributed by atoms with E-state index < -0.39 is 5.91 Å². The average molecular weight is 470 g/mol. The first-order valence-electron chi connectivity index (χ1n) is 9.65. The number of pyridine rings is 1. The van der Waals surface area contributed by atoms with Gasteiger partial charge in [0.05, 0.1) is 16.3 Å². The number of amides is 2. The molecule has 0 spiro atoms. The van der Waals surface area contributed by atoms with Gasteiger partial charge in [-0.3, -0.25) is 9.59 Å². The van der Waals surface area contributed by atoms with Crippen molar-refractivity contribution >= 4 is 40.7 Å². The predicted molar refractivity (Wildman–Crippen MR) is 121 cm³/mol. The summed E-state index contributed by atoms with van der Waals surface area (Å²) in [5.41, 5.74) is 0.633. The van der Waals surface area contributed by atoms with E-state index in [2.05, 4.69) is 26.6 Å². The topological polar surface area (TPSA) is 98.1 Å². The maximum atomic E-state index is 13.2. The number of ether oxygens (including phenoxy) is 1. The molecule has 0 bridgehead atoms. The molecule has 2 amide bonds. The molecule has 10 heteroatoms. The fourth-order valence-electron chi connectivity index (χ4n) is 2.89. The lowest BCUT2D eigenvalue weighted by Crippen LogP contribution is -2.27. The number of carbonyl (C=O) groups excluding carboxylic acids is 2. The summed E-state index contributed by atoms with van der Waals surface area (Å²) >= 11 is 12.3. The van der Waals surface area contributed by atoms with Crippen LogP contribution in [0.4, 0.5) is 5.69 Å². The van der Waals surface area contributed by atoms with E-state index in [1.165, 1.54) is 23.0 Å². The van der Waals surface area contributed by atoms with Crippen LogP contribution >= 0.6 is 23.2 Å². The summed E-state index contributed by atoms with van der Waals surface area (Å²) in [5.74, 6) is 1.82. The van der Waals surface area contributed by atoms with Gasteiger partial charge in [0.2, 0.25) is 5.88 Å². The molecule has 0 unspecified atom stereocenters. The van der Waals surface area contributed by atoms with Gasteiger partial charge < -0.3 is 15.4 Å². The van der Waals surface area contributed by atoms with Crippen LogP contribution in [0.3, 0.4) is 0 Å². The Morgan fingerprint density at radius 3 is 2.75 bits per heavy atom. The molecule has 1 aliphatic rings. The van der Waals surface area contributed by atoms with E-state index in [4.69, 9.17) is 34.4 Å². The quantitative estimate of drug-likeness (QED) is 0.513. The van der Waals surface area contributed by atoms with Crippen LogP contribution in [0.25, 0.3) is 5.82 Å². The third-order valence-corrected chi connectivity index (χ3v) is 5.08. The van der Waals surface area contributed by atoms with E-state index in [1.54, 1.807) is 24.3 Å². The smallest absolute Gasteiger partial charge is 0.274 e. The molecule has 4 rings (SSSR count). The average Bonchev–Trinajstić information content (AvgIpc) is 3.49. The fourth-order valence-corrected chi connectivity index (χ4v) is 3.27. The molecule has 0 saturated heterocycles. The van der Waals surface area contributed by atoms with Crippen LogP contribution in [0.5, 0.6) is 5.88 Å². The minimum absolute atomic E-state index is 0.0311. The molecule has 2 N–H and O–H groups in total. The van der Waals surface area contributed by atoms with E-state index in [0.717, 1.165) is 12.8 Å². The van der Waals surface area contributed by atoms with Crippen LogP contribution in [0.15, 0.2) is 42.6 Å². The second-order valence-electron chi connectivity index (χ2n) is 6.97. The first kappa shape index (κ1) is 21.7. The number of nitrogens with one attached hydrogen (secondary N) is 2. The van der Waals surface area contributed by atoms with Gasteiger partial charge in [0, 0.05) is 23.3 Å². The van der Waals surface area contributed by atoms with Gasteiger partial charge in [0.1, 0.15) is 5.69 Å². The molecule has 2 heterocycles. The highest BCUT2D eigenvalue weighted by Gasteiger charge is 2.26. The van der Waals surface area contributed by atoms with E-state index >= 15 is 0 Å². The van der Waals surface area contributed by atoms with Crippen molar-refractivity contribution in [2.45, 2.75) is 18.9 Å². The van der Waals surface area contributed by atoms with Crippen molar-refractivity contribution in [1.82, 2.24) is 20.1 Å². The molecule has 0 aliphatic heterocycles. The summed E-state index contributed by atoms with van der Waals surface area (Å²) in [5, 5.41) is 10.5. The molecule has 1 fully saturated rings. The standard InChI is InChI=1S/C22H17Cl2N5O3/c1-2-10-32-19-12-18(29(28-19)20-16(24)4-3-9-25-20)22(31)27-17-8-5-13(23)11-15(17)21(30)26-14-6-7-14/h1,3-5,8-9,11-12,14H,6-7,10H2,(H,26,30)(H,27,31). The van der Waals surface area contributed by atoms with Crippen LogP contribution in [-0.4, -0.2) is 39.2 Å². The number of hydrogen-bond acceptors (Lipinski definition) is 5. The highest BCUT2D eigenvalue weighted by molar-refractivity contribution is 6.32. The maximum Gasteiger partial charge on any atom is 0.274 e. The van der Waals surface area contributed by atoms with Crippen LogP contribution in [0, 0.1) is 12.3 Å². The van der Waals surface area contributed by atoms with Gasteiger partial charge in [-0.05, 0) is 43.2 Å². The SMILES string of the molecule is C#CCOc1cc(C(=O)Nc2ccc(Cl)cc2C(=O)NC2CC2)n(-c2ncccc2Cl)n1. The molecule has 0 radical (unpaired) electrons. The lowest BCUT2D eigenvalue weighted by Gasteiger charge is -2.12. The van der Waals surface area contributed by atoms with Crippen LogP contribution in [0.1, 0.15) is 33.7 Å². The Bertz CT molecular complexity index is 1230. The van der Waals surface area contributed by atoms with Crippen molar-refractivity contribution in [1.29, 1.82) is 0 Å². The molecule has 2 aromatic heterocycles. The summed E-state index contributed by atoms with van der Waals surface area (Å²) in [7, 11) is 0. The Morgan fingerprint density at radius 1 is 1.22 bits per heavy atom. The Balaban J connectivity index is 1.68. The van der Waals surface area contributed by atoms with E-state index in [0.29, 0.717) is 10.7 Å². The number of terminal acetylenes is 1. The molecular weight excluding hydrogens is 453 g/mol. The highest BCUT2D eigenvalue weighted by Crippen LogP contribution is 2.26. The number of halogens is 2. The van der Waals surface area contributed by atoms with E-state index in [9.17, 15) is 9.59 Å². The number of hydrogen-bond donors (Lipinski definition) is 2. The molecule has 1 aliphatic carbocycles. The number of aromatic nitrogens is 3. The Hall–Kier alpha value is -3.54. The van der Waals surface area contributed by atoms with Gasteiger partial charge in [-0.15, -0.1) is 11.5 Å². The predicted octanol–water partition coefficient (Wildman–Crippen LogP) is 3.73. The van der Waals surface area contributed by atoms with Gasteiger partial charge in [-0.1, -0.05) is 29.1 Å². The van der Waals surface area contributed by atoms with Crippen molar-refractivity contribution in [2.24, 2.45) is 0 Å². The lowest BCUT2D eigenvalue weighted by molar-refractivity contribution is 0.0952. The minimum Gasteiger partial charge on any atom is -0.463 e. The van der Waals surface area contributed by atoms with Crippen molar-refractivity contribution in [3.63, 3.8) is 0 Å². The summed E-state index contributed by atoms with van der Waals surface area (Å²) in [6, 6.07) is 9.48. The molecule has 162 valence electrons. The van der Waals surface area contributed by atoms with Crippen molar-refractivity contribution < 1.29 is 14.3 Å². The van der Waals surface area contributed by atoms with Crippen molar-refractivity contribution in [3.05, 3.63) is 63.9 Å². The van der Waals surface area contributed by atoms with Crippen LogP contribution < -0.4 is 15.4 Å². The molecule has 3 aromatic rings. The Kier molecular flexibility index (Phi) is 6.30. The number of carbonyl (C=O) groups is 2. The maximum absolute atomic E-state index is 13.2. The monoisotopic (exact) mass is 469 g/mol. The molecule has 0 atom stereocenters. The third-order valence-electron chi connectivity index (χ3n) is 4.55. The molecule has 8 nitrogen and oxygen atoms in total.